The summed E-state index contributed by atoms with van der Waals surface area (Å²) in [6, 6.07) is 48.8. The van der Waals surface area contributed by atoms with Gasteiger partial charge in [-0.05, 0) is 126 Å². The first-order valence-electron chi connectivity index (χ1n) is 20.9. The lowest BCUT2D eigenvalue weighted by Crippen LogP contribution is -2.14. The highest BCUT2D eigenvalue weighted by atomic mass is 16.4. The minimum atomic E-state index is -0.986. The second-order valence-corrected chi connectivity index (χ2v) is 16.6. The van der Waals surface area contributed by atoms with Crippen molar-refractivity contribution in [3.8, 4) is 44.9 Å². The number of carbonyl (C=O) groups is 1. The minimum absolute atomic E-state index is 0.211. The molecule has 60 heavy (non-hydrogen) atoms. The number of aryl methyl sites for hydroxylation is 2. The van der Waals surface area contributed by atoms with Crippen LogP contribution in [0.15, 0.2) is 146 Å². The van der Waals surface area contributed by atoms with Gasteiger partial charge in [0.2, 0.25) is 0 Å². The highest BCUT2D eigenvalue weighted by molar-refractivity contribution is 6.13. The zero-order valence-electron chi connectivity index (χ0n) is 33.6. The van der Waals surface area contributed by atoms with Gasteiger partial charge < -0.3 is 9.67 Å². The number of pyridine rings is 2. The third kappa shape index (κ3) is 6.18. The molecule has 0 amide bonds. The molecule has 0 bridgehead atoms. The van der Waals surface area contributed by atoms with Crippen molar-refractivity contribution in [3.05, 3.63) is 162 Å². The number of hydrogen-bond donors (Lipinski definition) is 1. The number of aromatic carboxylic acids is 1. The number of carboxylic acids is 1. The average molecular weight is 779 g/mol. The number of nitrogens with zero attached hydrogens (tertiary/aromatic N) is 4. The van der Waals surface area contributed by atoms with Crippen molar-refractivity contribution in [1.29, 1.82) is 0 Å². The SMILES string of the molecule is Cc1ccc2cc(-c3ccc4cc(-c5nc6c(-c7ccc8ncccc8c7)c(C(=O)O)c(-c7ccc8cc(C)ccc8c7)cc6n5C5CCCCC5)ccc4n3)ccc2c1. The third-order valence-electron chi connectivity index (χ3n) is 12.6. The van der Waals surface area contributed by atoms with Gasteiger partial charge in [0.25, 0.3) is 0 Å². The molecule has 1 aliphatic rings. The lowest BCUT2D eigenvalue weighted by molar-refractivity contribution is 0.0698. The first-order valence-corrected chi connectivity index (χ1v) is 20.9. The molecule has 0 radical (unpaired) electrons. The topological polar surface area (TPSA) is 80.9 Å². The molecule has 3 heterocycles. The monoisotopic (exact) mass is 778 g/mol. The third-order valence-corrected chi connectivity index (χ3v) is 12.6. The number of carboxylic acid groups (broad SMARTS) is 1. The largest absolute Gasteiger partial charge is 0.478 e. The molecule has 3 aromatic heterocycles. The summed E-state index contributed by atoms with van der Waals surface area (Å²) in [6.45, 7) is 4.21. The standard InChI is InChI=1S/C54H42N4O2/c1-32-10-12-36-27-38(16-14-34(36)25-32)45-31-49-52(50(51(45)54(59)60)42-19-21-46-39(29-42)7-6-24-55-46)57-53(58(49)44-8-4-3-5-9-44)43-20-23-48-41(30-43)18-22-47(56-48)40-17-15-35-26-33(2)11-13-37(35)28-40/h6-7,10-31,44H,3-5,8-9H2,1-2H3,(H,59,60). The predicted molar refractivity (Wildman–Crippen MR) is 246 cm³/mol. The molecule has 7 aromatic carbocycles. The van der Waals surface area contributed by atoms with Crippen LogP contribution < -0.4 is 0 Å². The van der Waals surface area contributed by atoms with Crippen molar-refractivity contribution in [2.45, 2.75) is 52.0 Å². The van der Waals surface area contributed by atoms with Crippen molar-refractivity contribution in [2.24, 2.45) is 0 Å². The molecule has 0 unspecified atom stereocenters. The second-order valence-electron chi connectivity index (χ2n) is 16.6. The van der Waals surface area contributed by atoms with Gasteiger partial charge in [0.05, 0.1) is 33.3 Å². The van der Waals surface area contributed by atoms with Gasteiger partial charge in [-0.1, -0.05) is 109 Å². The maximum absolute atomic E-state index is 13.8. The van der Waals surface area contributed by atoms with Crippen molar-refractivity contribution >= 4 is 60.4 Å². The molecule has 6 nitrogen and oxygen atoms in total. The van der Waals surface area contributed by atoms with Crippen LogP contribution in [0.1, 0.15) is 59.6 Å². The average Bonchev–Trinajstić information content (AvgIpc) is 3.67. The minimum Gasteiger partial charge on any atom is -0.478 e. The molecule has 1 saturated carbocycles. The quantitative estimate of drug-likeness (QED) is 0.182. The van der Waals surface area contributed by atoms with E-state index in [1.165, 1.54) is 28.3 Å². The van der Waals surface area contributed by atoms with Gasteiger partial charge in [-0.15, -0.1) is 0 Å². The van der Waals surface area contributed by atoms with E-state index in [0.29, 0.717) is 16.6 Å². The molecule has 290 valence electrons. The van der Waals surface area contributed by atoms with Crippen LogP contribution in [0.5, 0.6) is 0 Å². The summed E-state index contributed by atoms with van der Waals surface area (Å²) in [5.41, 5.74) is 12.0. The van der Waals surface area contributed by atoms with E-state index < -0.39 is 5.97 Å². The zero-order chi connectivity index (χ0) is 40.5. The first-order chi connectivity index (χ1) is 29.3. The van der Waals surface area contributed by atoms with Gasteiger partial charge in [0.1, 0.15) is 5.82 Å². The number of aromatic nitrogens is 4. The van der Waals surface area contributed by atoms with Crippen LogP contribution in [0.3, 0.4) is 0 Å². The molecule has 1 N–H and O–H groups in total. The predicted octanol–water partition coefficient (Wildman–Crippen LogP) is 13.9. The molecular weight excluding hydrogens is 737 g/mol. The Hall–Kier alpha value is -7.18. The van der Waals surface area contributed by atoms with Gasteiger partial charge in [0.15, 0.2) is 0 Å². The highest BCUT2D eigenvalue weighted by Gasteiger charge is 2.29. The molecule has 1 fully saturated rings. The summed E-state index contributed by atoms with van der Waals surface area (Å²) in [4.78, 5) is 29.0. The second kappa shape index (κ2) is 14.3. The van der Waals surface area contributed by atoms with E-state index in [9.17, 15) is 9.90 Å². The number of imidazole rings is 1. The van der Waals surface area contributed by atoms with Crippen LogP contribution in [0.2, 0.25) is 0 Å². The number of hydrogen-bond acceptors (Lipinski definition) is 4. The zero-order valence-corrected chi connectivity index (χ0v) is 33.6. The Bertz CT molecular complexity index is 3380. The lowest BCUT2D eigenvalue weighted by Gasteiger charge is -2.26. The van der Waals surface area contributed by atoms with Crippen LogP contribution in [0.4, 0.5) is 0 Å². The van der Waals surface area contributed by atoms with Crippen LogP contribution in [-0.2, 0) is 0 Å². The van der Waals surface area contributed by atoms with Crippen molar-refractivity contribution < 1.29 is 9.90 Å². The Kier molecular flexibility index (Phi) is 8.55. The smallest absolute Gasteiger partial charge is 0.337 e. The van der Waals surface area contributed by atoms with Crippen LogP contribution in [0, 0.1) is 13.8 Å². The molecular formula is C54H42N4O2. The Balaban J connectivity index is 1.15. The van der Waals surface area contributed by atoms with E-state index >= 15 is 0 Å². The number of benzene rings is 7. The Labute approximate surface area is 347 Å². The van der Waals surface area contributed by atoms with Gasteiger partial charge >= 0.3 is 5.97 Å². The molecule has 0 spiro atoms. The van der Waals surface area contributed by atoms with Crippen LogP contribution in [-0.4, -0.2) is 30.6 Å². The van der Waals surface area contributed by atoms with E-state index in [2.05, 4.69) is 139 Å². The van der Waals surface area contributed by atoms with Gasteiger partial charge in [-0.3, -0.25) is 4.98 Å². The molecule has 10 aromatic rings. The molecule has 11 rings (SSSR count). The van der Waals surface area contributed by atoms with Gasteiger partial charge in [-0.2, -0.15) is 0 Å². The molecule has 0 atom stereocenters. The summed E-state index contributed by atoms with van der Waals surface area (Å²) in [5.74, 6) is -0.140. The Morgan fingerprint density at radius 3 is 1.95 bits per heavy atom. The molecule has 0 aliphatic heterocycles. The normalized spacial score (nSPS) is 13.6. The Morgan fingerprint density at radius 2 is 1.18 bits per heavy atom. The fourth-order valence-electron chi connectivity index (χ4n) is 9.59. The lowest BCUT2D eigenvalue weighted by atomic mass is 9.88. The van der Waals surface area contributed by atoms with Crippen LogP contribution >= 0.6 is 0 Å². The van der Waals surface area contributed by atoms with E-state index in [4.69, 9.17) is 9.97 Å². The number of fused-ring (bicyclic) bond motifs is 5. The summed E-state index contributed by atoms with van der Waals surface area (Å²) >= 11 is 0. The van der Waals surface area contributed by atoms with Crippen LogP contribution in [0.25, 0.3) is 99.3 Å². The molecule has 0 saturated heterocycles. The summed E-state index contributed by atoms with van der Waals surface area (Å²) < 4.78 is 2.43. The fourth-order valence-corrected chi connectivity index (χ4v) is 9.59. The summed E-state index contributed by atoms with van der Waals surface area (Å²) in [6.07, 6.45) is 7.33. The van der Waals surface area contributed by atoms with E-state index in [1.54, 1.807) is 6.20 Å². The number of rotatable bonds is 6. The summed E-state index contributed by atoms with van der Waals surface area (Å²) in [7, 11) is 0. The highest BCUT2D eigenvalue weighted by Crippen LogP contribution is 2.45. The molecule has 6 heteroatoms. The van der Waals surface area contributed by atoms with E-state index in [-0.39, 0.29) is 11.6 Å². The van der Waals surface area contributed by atoms with Crippen molar-refractivity contribution in [1.82, 2.24) is 19.5 Å². The van der Waals surface area contributed by atoms with Crippen molar-refractivity contribution in [2.75, 3.05) is 0 Å². The van der Waals surface area contributed by atoms with Gasteiger partial charge in [0, 0.05) is 39.7 Å². The maximum Gasteiger partial charge on any atom is 0.337 e. The first kappa shape index (κ1) is 35.9. The Morgan fingerprint density at radius 1 is 0.583 bits per heavy atom. The van der Waals surface area contributed by atoms with Gasteiger partial charge in [-0.25, -0.2) is 14.8 Å². The van der Waals surface area contributed by atoms with E-state index in [1.807, 2.05) is 24.3 Å². The maximum atomic E-state index is 13.8. The van der Waals surface area contributed by atoms with Crippen molar-refractivity contribution in [3.63, 3.8) is 0 Å². The fraction of sp³-hybridized carbons (Fsp3) is 0.148. The van der Waals surface area contributed by atoms with E-state index in [0.717, 1.165) is 97.6 Å². The summed E-state index contributed by atoms with van der Waals surface area (Å²) in [5, 5.41) is 17.8. The molecule has 1 aliphatic carbocycles.